The standard InChI is InChI=1S/C16H20N2.C4H4O4/c1-9-6-14-12-4-3-5-15-16(12)11(8-17-15)7-13(14)10(2)18-9;5-3(6)1-2-4(7)8/h5-6,10-11,17-18H,3-4,7-8H2,1-2H3;1-2H,(H,5,6)(H,7,8)/b;2-1-. The van der Waals surface area contributed by atoms with Crippen LogP contribution in [-0.2, 0) is 9.59 Å². The molecule has 0 aromatic rings. The number of allylic oxidation sites excluding steroid dienone is 6. The quantitative estimate of drug-likeness (QED) is 0.568. The Kier molecular flexibility index (Phi) is 5.02. The van der Waals surface area contributed by atoms with Gasteiger partial charge in [-0.25, -0.2) is 9.59 Å². The zero-order valence-electron chi connectivity index (χ0n) is 15.0. The number of nitrogens with one attached hydrogen (secondary N) is 2. The number of carbonyl (C=O) groups is 2. The van der Waals surface area contributed by atoms with Crippen LogP contribution in [0.4, 0.5) is 0 Å². The highest BCUT2D eigenvalue weighted by Gasteiger charge is 2.37. The normalized spacial score (nSPS) is 25.9. The van der Waals surface area contributed by atoms with E-state index in [9.17, 15) is 9.59 Å². The molecule has 138 valence electrons. The average molecular weight is 356 g/mol. The second-order valence-corrected chi connectivity index (χ2v) is 6.97. The first kappa shape index (κ1) is 18.0. The van der Waals surface area contributed by atoms with Gasteiger partial charge in [0.15, 0.2) is 0 Å². The summed E-state index contributed by atoms with van der Waals surface area (Å²) >= 11 is 0. The van der Waals surface area contributed by atoms with Gasteiger partial charge in [-0.1, -0.05) is 6.08 Å². The minimum Gasteiger partial charge on any atom is -0.478 e. The van der Waals surface area contributed by atoms with Crippen LogP contribution in [-0.4, -0.2) is 34.7 Å². The first-order valence-corrected chi connectivity index (χ1v) is 8.86. The Bertz CT molecular complexity index is 783. The van der Waals surface area contributed by atoms with Crippen molar-refractivity contribution in [1.82, 2.24) is 10.6 Å². The molecule has 2 atom stereocenters. The minimum atomic E-state index is -1.26. The third-order valence-electron chi connectivity index (χ3n) is 5.14. The zero-order chi connectivity index (χ0) is 18.8. The number of carboxylic acids is 2. The van der Waals surface area contributed by atoms with Crippen LogP contribution in [0.3, 0.4) is 0 Å². The molecular weight excluding hydrogens is 332 g/mol. The van der Waals surface area contributed by atoms with Crippen LogP contribution in [0.25, 0.3) is 0 Å². The molecule has 0 radical (unpaired) electrons. The van der Waals surface area contributed by atoms with E-state index in [0.29, 0.717) is 18.2 Å². The maximum atomic E-state index is 9.55. The van der Waals surface area contributed by atoms with Gasteiger partial charge in [-0.05, 0) is 61.5 Å². The molecule has 0 aromatic carbocycles. The van der Waals surface area contributed by atoms with Crippen molar-refractivity contribution in [2.24, 2.45) is 5.92 Å². The summed E-state index contributed by atoms with van der Waals surface area (Å²) in [6, 6.07) is 0.508. The molecule has 2 heterocycles. The van der Waals surface area contributed by atoms with E-state index in [-0.39, 0.29) is 0 Å². The van der Waals surface area contributed by atoms with Crippen molar-refractivity contribution in [3.05, 3.63) is 58.0 Å². The Morgan fingerprint density at radius 1 is 1.23 bits per heavy atom. The molecule has 4 N–H and O–H groups in total. The summed E-state index contributed by atoms with van der Waals surface area (Å²) < 4.78 is 0. The van der Waals surface area contributed by atoms with E-state index < -0.39 is 11.9 Å². The largest absolute Gasteiger partial charge is 0.478 e. The third kappa shape index (κ3) is 3.59. The lowest BCUT2D eigenvalue weighted by atomic mass is 9.73. The van der Waals surface area contributed by atoms with Gasteiger partial charge in [-0.15, -0.1) is 0 Å². The summed E-state index contributed by atoms with van der Waals surface area (Å²) in [5.41, 5.74) is 9.21. The van der Waals surface area contributed by atoms with Gasteiger partial charge in [-0.3, -0.25) is 0 Å². The van der Waals surface area contributed by atoms with E-state index >= 15 is 0 Å². The SMILES string of the molecule is CC1=CC2=C(CC3CNC4=CCCC2=C43)C(C)N1.O=C(O)/C=C\C(=O)O. The van der Waals surface area contributed by atoms with Crippen molar-refractivity contribution in [1.29, 1.82) is 0 Å². The smallest absolute Gasteiger partial charge is 0.328 e. The van der Waals surface area contributed by atoms with Crippen LogP contribution in [0.2, 0.25) is 0 Å². The molecule has 2 unspecified atom stereocenters. The van der Waals surface area contributed by atoms with Crippen molar-refractivity contribution in [3.8, 4) is 0 Å². The lowest BCUT2D eigenvalue weighted by Gasteiger charge is -2.35. The Labute approximate surface area is 152 Å². The van der Waals surface area contributed by atoms with Gasteiger partial charge >= 0.3 is 11.9 Å². The topological polar surface area (TPSA) is 98.7 Å². The summed E-state index contributed by atoms with van der Waals surface area (Å²) in [6.45, 7) is 5.63. The minimum absolute atomic E-state index is 0.508. The highest BCUT2D eigenvalue weighted by atomic mass is 16.4. The van der Waals surface area contributed by atoms with Gasteiger partial charge in [0.1, 0.15) is 0 Å². The Morgan fingerprint density at radius 3 is 2.58 bits per heavy atom. The van der Waals surface area contributed by atoms with Crippen molar-refractivity contribution >= 4 is 11.9 Å². The second-order valence-electron chi connectivity index (χ2n) is 6.97. The van der Waals surface area contributed by atoms with Gasteiger partial charge in [0.05, 0.1) is 0 Å². The number of aliphatic carboxylic acids is 2. The molecule has 0 saturated carbocycles. The molecule has 4 aliphatic rings. The number of hydrogen-bond acceptors (Lipinski definition) is 4. The predicted octanol–water partition coefficient (Wildman–Crippen LogP) is 2.49. The van der Waals surface area contributed by atoms with Gasteiger partial charge < -0.3 is 20.8 Å². The van der Waals surface area contributed by atoms with Crippen LogP contribution >= 0.6 is 0 Å². The van der Waals surface area contributed by atoms with Crippen LogP contribution in [0, 0.1) is 5.92 Å². The maximum Gasteiger partial charge on any atom is 0.328 e. The Morgan fingerprint density at radius 2 is 1.92 bits per heavy atom. The molecule has 2 aliphatic heterocycles. The molecular formula is C20H24N2O4. The van der Waals surface area contributed by atoms with Crippen LogP contribution in [0.15, 0.2) is 58.0 Å². The summed E-state index contributed by atoms with van der Waals surface area (Å²) in [5.74, 6) is -1.79. The van der Waals surface area contributed by atoms with Crippen molar-refractivity contribution < 1.29 is 19.8 Å². The molecule has 6 heteroatoms. The molecule has 2 aliphatic carbocycles. The molecule has 1 saturated heterocycles. The van der Waals surface area contributed by atoms with E-state index in [4.69, 9.17) is 10.2 Å². The van der Waals surface area contributed by atoms with Gasteiger partial charge in [0.25, 0.3) is 0 Å². The molecule has 4 rings (SSSR count). The van der Waals surface area contributed by atoms with E-state index in [0.717, 1.165) is 12.5 Å². The fourth-order valence-electron chi connectivity index (χ4n) is 4.18. The number of rotatable bonds is 2. The number of dihydropyridines is 1. The van der Waals surface area contributed by atoms with E-state index in [1.165, 1.54) is 30.7 Å². The fourth-order valence-corrected chi connectivity index (χ4v) is 4.18. The van der Waals surface area contributed by atoms with Gasteiger partial charge in [0.2, 0.25) is 0 Å². The maximum absolute atomic E-state index is 9.55. The van der Waals surface area contributed by atoms with Crippen molar-refractivity contribution in [2.45, 2.75) is 39.2 Å². The molecule has 26 heavy (non-hydrogen) atoms. The molecule has 6 nitrogen and oxygen atoms in total. The number of fused-ring (bicyclic) bond motifs is 1. The van der Waals surface area contributed by atoms with E-state index in [2.05, 4.69) is 36.6 Å². The molecule has 0 bridgehead atoms. The Balaban J connectivity index is 0.000000211. The number of hydrogen-bond donors (Lipinski definition) is 4. The molecule has 0 aromatic heterocycles. The van der Waals surface area contributed by atoms with Crippen molar-refractivity contribution in [3.63, 3.8) is 0 Å². The third-order valence-corrected chi connectivity index (χ3v) is 5.14. The average Bonchev–Trinajstić information content (AvgIpc) is 2.99. The van der Waals surface area contributed by atoms with Crippen LogP contribution < -0.4 is 10.6 Å². The first-order valence-electron chi connectivity index (χ1n) is 8.86. The molecule has 1 fully saturated rings. The molecule has 0 spiro atoms. The fraction of sp³-hybridized carbons (Fsp3) is 0.400. The highest BCUT2D eigenvalue weighted by molar-refractivity contribution is 5.89. The van der Waals surface area contributed by atoms with E-state index in [1.54, 1.807) is 22.3 Å². The monoisotopic (exact) mass is 356 g/mol. The number of carboxylic acid groups (broad SMARTS) is 2. The molecule has 0 amide bonds. The predicted molar refractivity (Wildman–Crippen MR) is 98.2 cm³/mol. The van der Waals surface area contributed by atoms with Crippen molar-refractivity contribution in [2.75, 3.05) is 6.54 Å². The zero-order valence-corrected chi connectivity index (χ0v) is 15.0. The van der Waals surface area contributed by atoms with Gasteiger partial charge in [0, 0.05) is 42.1 Å². The van der Waals surface area contributed by atoms with Crippen LogP contribution in [0.5, 0.6) is 0 Å². The first-order chi connectivity index (χ1) is 12.4. The summed E-state index contributed by atoms with van der Waals surface area (Å²) in [5, 5.41) is 22.8. The lowest BCUT2D eigenvalue weighted by Crippen LogP contribution is -2.34. The van der Waals surface area contributed by atoms with Gasteiger partial charge in [-0.2, -0.15) is 0 Å². The lowest BCUT2D eigenvalue weighted by molar-refractivity contribution is -0.134. The second kappa shape index (κ2) is 7.23. The Hall–Kier alpha value is -2.76. The summed E-state index contributed by atoms with van der Waals surface area (Å²) in [7, 11) is 0. The van der Waals surface area contributed by atoms with Crippen LogP contribution in [0.1, 0.15) is 33.1 Å². The van der Waals surface area contributed by atoms with E-state index in [1.807, 2.05) is 0 Å². The summed E-state index contributed by atoms with van der Waals surface area (Å²) in [4.78, 5) is 19.1. The highest BCUT2D eigenvalue weighted by Crippen LogP contribution is 2.46. The summed E-state index contributed by atoms with van der Waals surface area (Å²) in [6.07, 6.45) is 9.54.